The van der Waals surface area contributed by atoms with Crippen LogP contribution in [0.3, 0.4) is 0 Å². The molecule has 0 aliphatic rings. The van der Waals surface area contributed by atoms with Crippen LogP contribution in [-0.4, -0.2) is 15.5 Å². The number of amides is 1. The van der Waals surface area contributed by atoms with Crippen molar-refractivity contribution in [1.29, 1.82) is 0 Å². The van der Waals surface area contributed by atoms with Gasteiger partial charge in [0, 0.05) is 0 Å². The Bertz CT molecular complexity index is 711. The van der Waals surface area contributed by atoms with E-state index in [9.17, 15) is 9.59 Å². The summed E-state index contributed by atoms with van der Waals surface area (Å²) < 4.78 is 2.06. The minimum atomic E-state index is -0.729. The van der Waals surface area contributed by atoms with Crippen LogP contribution in [0.5, 0.6) is 0 Å². The van der Waals surface area contributed by atoms with Crippen LogP contribution in [0.25, 0.3) is 10.2 Å². The number of carbonyl (C=O) groups is 1. The van der Waals surface area contributed by atoms with Gasteiger partial charge >= 0.3 is 0 Å². The minimum absolute atomic E-state index is 0.104. The Morgan fingerprint density at radius 1 is 1.56 bits per heavy atom. The van der Waals surface area contributed by atoms with Gasteiger partial charge in [-0.05, 0) is 29.6 Å². The van der Waals surface area contributed by atoms with Crippen LogP contribution in [0.1, 0.15) is 19.9 Å². The maximum atomic E-state index is 12.3. The van der Waals surface area contributed by atoms with Gasteiger partial charge in [0.15, 0.2) is 4.77 Å². The van der Waals surface area contributed by atoms with E-state index in [0.29, 0.717) is 10.2 Å². The zero-order chi connectivity index (χ0) is 13.4. The first kappa shape index (κ1) is 13.0. The van der Waals surface area contributed by atoms with Gasteiger partial charge in [-0.25, -0.2) is 0 Å². The smallest absolute Gasteiger partial charge is 0.273 e. The Morgan fingerprint density at radius 2 is 2.22 bits per heavy atom. The van der Waals surface area contributed by atoms with E-state index in [0.717, 1.165) is 0 Å². The predicted molar refractivity (Wildman–Crippen MR) is 74.3 cm³/mol. The Kier molecular flexibility index (Phi) is 3.36. The van der Waals surface area contributed by atoms with Gasteiger partial charge in [-0.1, -0.05) is 13.8 Å². The van der Waals surface area contributed by atoms with E-state index in [1.165, 1.54) is 15.9 Å². The summed E-state index contributed by atoms with van der Waals surface area (Å²) in [5.41, 5.74) is 5.80. The number of fused-ring (bicyclic) bond motifs is 1. The number of H-pyrrole nitrogens is 1. The standard InChI is InChI=1S/C11H13N3O2S2/c1-5(2)7(9(12)15)14-10(16)8-6(3-4-18-8)13-11(14)17/h3-5,7H,1-2H3,(H2,12,15)(H,13,17). The molecule has 7 heteroatoms. The lowest BCUT2D eigenvalue weighted by Gasteiger charge is -2.20. The summed E-state index contributed by atoms with van der Waals surface area (Å²) >= 11 is 6.47. The number of hydrogen-bond acceptors (Lipinski definition) is 4. The zero-order valence-electron chi connectivity index (χ0n) is 9.97. The number of aromatic amines is 1. The maximum absolute atomic E-state index is 12.3. The van der Waals surface area contributed by atoms with Crippen LogP contribution in [0.15, 0.2) is 16.2 Å². The molecule has 0 saturated heterocycles. The zero-order valence-corrected chi connectivity index (χ0v) is 11.6. The molecule has 0 aliphatic carbocycles. The number of carbonyl (C=O) groups excluding carboxylic acids is 1. The molecule has 2 rings (SSSR count). The monoisotopic (exact) mass is 283 g/mol. The van der Waals surface area contributed by atoms with Crippen LogP contribution in [0.4, 0.5) is 0 Å². The second-order valence-corrected chi connectivity index (χ2v) is 5.66. The predicted octanol–water partition coefficient (Wildman–Crippen LogP) is 1.80. The van der Waals surface area contributed by atoms with Gasteiger partial charge in [0.05, 0.1) is 5.52 Å². The number of nitrogens with zero attached hydrogens (tertiary/aromatic N) is 1. The highest BCUT2D eigenvalue weighted by Crippen LogP contribution is 2.19. The van der Waals surface area contributed by atoms with E-state index < -0.39 is 11.9 Å². The topological polar surface area (TPSA) is 80.9 Å². The molecule has 2 heterocycles. The van der Waals surface area contributed by atoms with Crippen molar-refractivity contribution in [1.82, 2.24) is 9.55 Å². The molecule has 2 aromatic rings. The van der Waals surface area contributed by atoms with Crippen molar-refractivity contribution in [3.8, 4) is 0 Å². The average molecular weight is 283 g/mol. The van der Waals surface area contributed by atoms with Gasteiger partial charge in [-0.15, -0.1) is 11.3 Å². The summed E-state index contributed by atoms with van der Waals surface area (Å²) in [6, 6.07) is 1.06. The summed E-state index contributed by atoms with van der Waals surface area (Å²) in [4.78, 5) is 26.8. The van der Waals surface area contributed by atoms with Crippen molar-refractivity contribution in [2.75, 3.05) is 0 Å². The summed E-state index contributed by atoms with van der Waals surface area (Å²) in [5, 5.41) is 1.80. The molecule has 3 N–H and O–H groups in total. The SMILES string of the molecule is CC(C)C(C(N)=O)n1c(=S)[nH]c2ccsc2c1=O. The lowest BCUT2D eigenvalue weighted by atomic mass is 10.0. The van der Waals surface area contributed by atoms with E-state index in [1.54, 1.807) is 11.4 Å². The first-order valence-electron chi connectivity index (χ1n) is 5.45. The van der Waals surface area contributed by atoms with E-state index in [1.807, 2.05) is 13.8 Å². The van der Waals surface area contributed by atoms with Crippen molar-refractivity contribution in [3.05, 3.63) is 26.6 Å². The van der Waals surface area contributed by atoms with E-state index in [4.69, 9.17) is 18.0 Å². The highest BCUT2D eigenvalue weighted by molar-refractivity contribution is 7.71. The van der Waals surface area contributed by atoms with E-state index >= 15 is 0 Å². The molecular formula is C11H13N3O2S2. The van der Waals surface area contributed by atoms with Crippen LogP contribution in [0, 0.1) is 10.7 Å². The molecule has 0 fully saturated rings. The molecule has 0 spiro atoms. The van der Waals surface area contributed by atoms with E-state index in [-0.39, 0.29) is 16.2 Å². The molecule has 18 heavy (non-hydrogen) atoms. The Hall–Kier alpha value is -1.47. The van der Waals surface area contributed by atoms with Crippen LogP contribution >= 0.6 is 23.6 Å². The fraction of sp³-hybridized carbons (Fsp3) is 0.364. The third kappa shape index (κ3) is 1.99. The summed E-state index contributed by atoms with van der Waals surface area (Å²) in [6.45, 7) is 3.66. The van der Waals surface area contributed by atoms with Gasteiger partial charge in [0.2, 0.25) is 5.91 Å². The number of thiophene rings is 1. The fourth-order valence-electron chi connectivity index (χ4n) is 1.96. The molecule has 0 bridgehead atoms. The molecule has 1 unspecified atom stereocenters. The van der Waals surface area contributed by atoms with Crippen LogP contribution < -0.4 is 11.3 Å². The first-order chi connectivity index (χ1) is 8.43. The normalized spacial score (nSPS) is 13.1. The number of nitrogens with one attached hydrogen (secondary N) is 1. The molecule has 5 nitrogen and oxygen atoms in total. The van der Waals surface area contributed by atoms with Crippen molar-refractivity contribution >= 4 is 39.7 Å². The molecule has 0 aromatic carbocycles. The second kappa shape index (κ2) is 4.66. The molecular weight excluding hydrogens is 270 g/mol. The minimum Gasteiger partial charge on any atom is -0.368 e. The van der Waals surface area contributed by atoms with E-state index in [2.05, 4.69) is 4.98 Å². The number of primary amides is 1. The lowest BCUT2D eigenvalue weighted by molar-refractivity contribution is -0.122. The highest BCUT2D eigenvalue weighted by atomic mass is 32.1. The Labute approximate surface area is 112 Å². The van der Waals surface area contributed by atoms with Crippen LogP contribution in [0.2, 0.25) is 0 Å². The summed E-state index contributed by atoms with van der Waals surface area (Å²) in [7, 11) is 0. The highest BCUT2D eigenvalue weighted by Gasteiger charge is 2.24. The summed E-state index contributed by atoms with van der Waals surface area (Å²) in [5.74, 6) is -0.657. The maximum Gasteiger partial charge on any atom is 0.273 e. The molecule has 0 radical (unpaired) electrons. The third-order valence-corrected chi connectivity index (χ3v) is 3.94. The van der Waals surface area contributed by atoms with Crippen molar-refractivity contribution in [3.63, 3.8) is 0 Å². The molecule has 2 aromatic heterocycles. The largest absolute Gasteiger partial charge is 0.368 e. The Morgan fingerprint density at radius 3 is 2.78 bits per heavy atom. The summed E-state index contributed by atoms with van der Waals surface area (Å²) in [6.07, 6.45) is 0. The average Bonchev–Trinajstić information content (AvgIpc) is 2.70. The number of rotatable bonds is 3. The molecule has 96 valence electrons. The second-order valence-electron chi connectivity index (χ2n) is 4.36. The molecule has 0 aliphatic heterocycles. The van der Waals surface area contributed by atoms with Gasteiger partial charge < -0.3 is 10.7 Å². The Balaban J connectivity index is 2.81. The lowest BCUT2D eigenvalue weighted by Crippen LogP contribution is -2.37. The van der Waals surface area contributed by atoms with Crippen molar-refractivity contribution < 1.29 is 4.79 Å². The number of aromatic nitrogens is 2. The third-order valence-electron chi connectivity index (χ3n) is 2.74. The number of nitrogens with two attached hydrogens (primary N) is 1. The van der Waals surface area contributed by atoms with Gasteiger partial charge in [0.1, 0.15) is 10.7 Å². The molecule has 0 saturated carbocycles. The quantitative estimate of drug-likeness (QED) is 0.843. The first-order valence-corrected chi connectivity index (χ1v) is 6.73. The van der Waals surface area contributed by atoms with Crippen molar-refractivity contribution in [2.24, 2.45) is 11.7 Å². The van der Waals surface area contributed by atoms with Crippen molar-refractivity contribution in [2.45, 2.75) is 19.9 Å². The van der Waals surface area contributed by atoms with Gasteiger partial charge in [-0.3, -0.25) is 14.2 Å². The number of hydrogen-bond donors (Lipinski definition) is 2. The van der Waals surface area contributed by atoms with Gasteiger partial charge in [-0.2, -0.15) is 0 Å². The molecule has 1 amide bonds. The van der Waals surface area contributed by atoms with Crippen LogP contribution in [-0.2, 0) is 4.79 Å². The molecule has 1 atom stereocenters. The van der Waals surface area contributed by atoms with Gasteiger partial charge in [0.25, 0.3) is 5.56 Å². The fourth-order valence-corrected chi connectivity index (χ4v) is 3.05.